The maximum atomic E-state index is 5.48. The molecule has 0 radical (unpaired) electrons. The van der Waals surface area contributed by atoms with E-state index >= 15 is 0 Å². The summed E-state index contributed by atoms with van der Waals surface area (Å²) in [5, 5.41) is 3.60. The topological polar surface area (TPSA) is 24.5 Å². The highest BCUT2D eigenvalue weighted by Crippen LogP contribution is 2.22. The fourth-order valence-corrected chi connectivity index (χ4v) is 2.76. The van der Waals surface area contributed by atoms with Crippen molar-refractivity contribution in [1.82, 2.24) is 10.2 Å². The van der Waals surface area contributed by atoms with Crippen LogP contribution in [0.5, 0.6) is 5.75 Å². The number of piperazine rings is 1. The van der Waals surface area contributed by atoms with Crippen LogP contribution in [0.25, 0.3) is 0 Å². The SMILES string of the molecule is CCc1ccc(OC)c(CCC2CN(C)CCN2)c1. The van der Waals surface area contributed by atoms with Gasteiger partial charge in [-0.15, -0.1) is 0 Å². The van der Waals surface area contributed by atoms with Gasteiger partial charge in [0.05, 0.1) is 7.11 Å². The predicted octanol–water partition coefficient (Wildman–Crippen LogP) is 2.09. The summed E-state index contributed by atoms with van der Waals surface area (Å²) in [6.45, 7) is 5.61. The molecule has 1 atom stereocenters. The molecule has 19 heavy (non-hydrogen) atoms. The number of methoxy groups -OCH3 is 1. The van der Waals surface area contributed by atoms with E-state index in [2.05, 4.69) is 42.4 Å². The first kappa shape index (κ1) is 14.4. The van der Waals surface area contributed by atoms with Crippen molar-refractivity contribution in [3.05, 3.63) is 29.3 Å². The lowest BCUT2D eigenvalue weighted by molar-refractivity contribution is 0.232. The summed E-state index contributed by atoms with van der Waals surface area (Å²) in [5.41, 5.74) is 2.74. The zero-order chi connectivity index (χ0) is 13.7. The molecule has 1 aliphatic heterocycles. The van der Waals surface area contributed by atoms with E-state index in [4.69, 9.17) is 4.74 Å². The van der Waals surface area contributed by atoms with Crippen LogP contribution in [0.15, 0.2) is 18.2 Å². The molecule has 1 aromatic rings. The van der Waals surface area contributed by atoms with Crippen molar-refractivity contribution in [2.75, 3.05) is 33.8 Å². The molecule has 3 nitrogen and oxygen atoms in total. The molecular weight excluding hydrogens is 236 g/mol. The Morgan fingerprint density at radius 3 is 2.95 bits per heavy atom. The number of rotatable bonds is 5. The van der Waals surface area contributed by atoms with Gasteiger partial charge in [0, 0.05) is 25.7 Å². The fourth-order valence-electron chi connectivity index (χ4n) is 2.76. The van der Waals surface area contributed by atoms with E-state index in [0.717, 1.165) is 38.2 Å². The van der Waals surface area contributed by atoms with Gasteiger partial charge in [0.2, 0.25) is 0 Å². The zero-order valence-electron chi connectivity index (χ0n) is 12.4. The number of likely N-dealkylation sites (N-methyl/N-ethyl adjacent to an activating group) is 1. The van der Waals surface area contributed by atoms with Gasteiger partial charge in [0.25, 0.3) is 0 Å². The largest absolute Gasteiger partial charge is 0.496 e. The van der Waals surface area contributed by atoms with Gasteiger partial charge in [0.15, 0.2) is 0 Å². The van der Waals surface area contributed by atoms with Crippen LogP contribution in [0.3, 0.4) is 0 Å². The Morgan fingerprint density at radius 2 is 2.26 bits per heavy atom. The average molecular weight is 262 g/mol. The maximum absolute atomic E-state index is 5.48. The van der Waals surface area contributed by atoms with Gasteiger partial charge in [-0.25, -0.2) is 0 Å². The highest BCUT2D eigenvalue weighted by atomic mass is 16.5. The molecule has 1 unspecified atom stereocenters. The first-order chi connectivity index (χ1) is 9.22. The van der Waals surface area contributed by atoms with Gasteiger partial charge in [-0.05, 0) is 43.5 Å². The van der Waals surface area contributed by atoms with E-state index in [1.165, 1.54) is 17.5 Å². The van der Waals surface area contributed by atoms with Gasteiger partial charge in [0.1, 0.15) is 5.75 Å². The van der Waals surface area contributed by atoms with Crippen molar-refractivity contribution in [3.63, 3.8) is 0 Å². The van der Waals surface area contributed by atoms with Crippen LogP contribution in [0.1, 0.15) is 24.5 Å². The van der Waals surface area contributed by atoms with Crippen LogP contribution in [0.2, 0.25) is 0 Å². The quantitative estimate of drug-likeness (QED) is 0.879. The molecule has 1 fully saturated rings. The summed E-state index contributed by atoms with van der Waals surface area (Å²) in [7, 11) is 3.96. The molecule has 1 aliphatic rings. The fraction of sp³-hybridized carbons (Fsp3) is 0.625. The molecule has 1 aromatic carbocycles. The average Bonchev–Trinajstić information content (AvgIpc) is 2.45. The lowest BCUT2D eigenvalue weighted by Crippen LogP contribution is -2.49. The maximum Gasteiger partial charge on any atom is 0.122 e. The lowest BCUT2D eigenvalue weighted by Gasteiger charge is -2.31. The third-order valence-corrected chi connectivity index (χ3v) is 3.97. The molecule has 0 saturated carbocycles. The summed E-state index contributed by atoms with van der Waals surface area (Å²) >= 11 is 0. The summed E-state index contributed by atoms with van der Waals surface area (Å²) in [4.78, 5) is 2.40. The Bertz CT molecular complexity index is 406. The number of aryl methyl sites for hydroxylation is 2. The number of ether oxygens (including phenoxy) is 1. The standard InChI is InChI=1S/C16H26N2O/c1-4-13-5-8-16(19-3)14(11-13)6-7-15-12-18(2)10-9-17-15/h5,8,11,15,17H,4,6-7,9-10,12H2,1-3H3. The second kappa shape index (κ2) is 6.92. The molecule has 0 bridgehead atoms. The van der Waals surface area contributed by atoms with E-state index in [9.17, 15) is 0 Å². The number of nitrogens with one attached hydrogen (secondary N) is 1. The molecule has 1 heterocycles. The van der Waals surface area contributed by atoms with E-state index in [-0.39, 0.29) is 0 Å². The third-order valence-electron chi connectivity index (χ3n) is 3.97. The number of hydrogen-bond acceptors (Lipinski definition) is 3. The van der Waals surface area contributed by atoms with Crippen LogP contribution >= 0.6 is 0 Å². The smallest absolute Gasteiger partial charge is 0.122 e. The van der Waals surface area contributed by atoms with Crippen LogP contribution in [-0.2, 0) is 12.8 Å². The normalized spacial score (nSPS) is 20.5. The van der Waals surface area contributed by atoms with Gasteiger partial charge in [-0.1, -0.05) is 19.1 Å². The van der Waals surface area contributed by atoms with E-state index < -0.39 is 0 Å². The monoisotopic (exact) mass is 262 g/mol. The molecule has 3 heteroatoms. The predicted molar refractivity (Wildman–Crippen MR) is 80.0 cm³/mol. The molecular formula is C16H26N2O. The molecule has 0 amide bonds. The van der Waals surface area contributed by atoms with Crippen LogP contribution in [-0.4, -0.2) is 44.7 Å². The van der Waals surface area contributed by atoms with Crippen LogP contribution in [0, 0.1) is 0 Å². The molecule has 1 saturated heterocycles. The summed E-state index contributed by atoms with van der Waals surface area (Å²) in [6.07, 6.45) is 3.35. The number of nitrogens with zero attached hydrogens (tertiary/aromatic N) is 1. The highest BCUT2D eigenvalue weighted by molar-refractivity contribution is 5.37. The Labute approximate surface area is 116 Å². The van der Waals surface area contributed by atoms with Crippen LogP contribution in [0.4, 0.5) is 0 Å². The number of hydrogen-bond donors (Lipinski definition) is 1. The lowest BCUT2D eigenvalue weighted by atomic mass is 10.00. The molecule has 0 aliphatic carbocycles. The minimum Gasteiger partial charge on any atom is -0.496 e. The molecule has 1 N–H and O–H groups in total. The highest BCUT2D eigenvalue weighted by Gasteiger charge is 2.16. The first-order valence-electron chi connectivity index (χ1n) is 7.30. The summed E-state index contributed by atoms with van der Waals surface area (Å²) < 4.78 is 5.48. The van der Waals surface area contributed by atoms with Gasteiger partial charge in [-0.2, -0.15) is 0 Å². The van der Waals surface area contributed by atoms with E-state index in [1.807, 2.05) is 0 Å². The number of benzene rings is 1. The minimum atomic E-state index is 0.605. The second-order valence-electron chi connectivity index (χ2n) is 5.45. The van der Waals surface area contributed by atoms with Crippen molar-refractivity contribution in [1.29, 1.82) is 0 Å². The Kier molecular flexibility index (Phi) is 5.23. The van der Waals surface area contributed by atoms with Gasteiger partial charge < -0.3 is 15.0 Å². The Morgan fingerprint density at radius 1 is 1.42 bits per heavy atom. The third kappa shape index (κ3) is 3.95. The molecule has 0 spiro atoms. The Balaban J connectivity index is 1.97. The summed E-state index contributed by atoms with van der Waals surface area (Å²) in [5.74, 6) is 1.03. The van der Waals surface area contributed by atoms with Crippen molar-refractivity contribution < 1.29 is 4.74 Å². The second-order valence-corrected chi connectivity index (χ2v) is 5.45. The van der Waals surface area contributed by atoms with Gasteiger partial charge in [-0.3, -0.25) is 0 Å². The first-order valence-corrected chi connectivity index (χ1v) is 7.30. The van der Waals surface area contributed by atoms with Gasteiger partial charge >= 0.3 is 0 Å². The van der Waals surface area contributed by atoms with Crippen molar-refractivity contribution in [2.24, 2.45) is 0 Å². The zero-order valence-corrected chi connectivity index (χ0v) is 12.4. The van der Waals surface area contributed by atoms with Crippen LogP contribution < -0.4 is 10.1 Å². The molecule has 106 valence electrons. The Hall–Kier alpha value is -1.06. The summed E-state index contributed by atoms with van der Waals surface area (Å²) in [6, 6.07) is 7.17. The van der Waals surface area contributed by atoms with E-state index in [1.54, 1.807) is 7.11 Å². The van der Waals surface area contributed by atoms with E-state index in [0.29, 0.717) is 6.04 Å². The van der Waals surface area contributed by atoms with Crippen molar-refractivity contribution in [3.8, 4) is 5.75 Å². The minimum absolute atomic E-state index is 0.605. The van der Waals surface area contributed by atoms with Crippen molar-refractivity contribution >= 4 is 0 Å². The molecule has 0 aromatic heterocycles. The molecule has 2 rings (SSSR count). The van der Waals surface area contributed by atoms with Crippen molar-refractivity contribution in [2.45, 2.75) is 32.2 Å².